The molecule has 1 fully saturated rings. The molecule has 0 saturated carbocycles. The largest absolute Gasteiger partial charge is 0.394 e. The van der Waals surface area contributed by atoms with E-state index in [0.29, 0.717) is 0 Å². The maximum Gasteiger partial charge on any atom is 0.255 e. The molecule has 6 heteroatoms. The standard InChI is InChI=1S/C8H13NO5/c1-5(6(11)2-10)9-7(12)3-14-4-8(9)13/h5-6,10-11H,2-4H2,1H3. The van der Waals surface area contributed by atoms with Crippen LogP contribution in [0.1, 0.15) is 6.92 Å². The molecule has 2 amide bonds. The van der Waals surface area contributed by atoms with Gasteiger partial charge in [-0.2, -0.15) is 0 Å². The van der Waals surface area contributed by atoms with Crippen molar-refractivity contribution in [1.82, 2.24) is 4.90 Å². The second-order valence-electron chi connectivity index (χ2n) is 3.14. The van der Waals surface area contributed by atoms with Crippen LogP contribution >= 0.6 is 0 Å². The minimum Gasteiger partial charge on any atom is -0.394 e. The van der Waals surface area contributed by atoms with Crippen LogP contribution in [0, 0.1) is 0 Å². The lowest BCUT2D eigenvalue weighted by Gasteiger charge is -2.32. The molecule has 1 aliphatic heterocycles. The summed E-state index contributed by atoms with van der Waals surface area (Å²) in [5.74, 6) is -0.970. The molecule has 1 saturated heterocycles. The van der Waals surface area contributed by atoms with Gasteiger partial charge in [-0.1, -0.05) is 0 Å². The molecule has 1 heterocycles. The Morgan fingerprint density at radius 2 is 1.93 bits per heavy atom. The molecule has 2 N–H and O–H groups in total. The van der Waals surface area contributed by atoms with Crippen molar-refractivity contribution in [2.24, 2.45) is 0 Å². The number of carbonyl (C=O) groups excluding carboxylic acids is 2. The molecule has 2 unspecified atom stereocenters. The second-order valence-corrected chi connectivity index (χ2v) is 3.14. The van der Waals surface area contributed by atoms with Crippen LogP contribution in [0.5, 0.6) is 0 Å². The fourth-order valence-electron chi connectivity index (χ4n) is 1.28. The Balaban J connectivity index is 2.72. The molecule has 80 valence electrons. The highest BCUT2D eigenvalue weighted by atomic mass is 16.5. The number of carbonyl (C=O) groups is 2. The fourth-order valence-corrected chi connectivity index (χ4v) is 1.28. The monoisotopic (exact) mass is 203 g/mol. The van der Waals surface area contributed by atoms with E-state index in [4.69, 9.17) is 9.84 Å². The van der Waals surface area contributed by atoms with Gasteiger partial charge in [0.15, 0.2) is 0 Å². The normalized spacial score (nSPS) is 22.4. The molecular formula is C8H13NO5. The van der Waals surface area contributed by atoms with Crippen molar-refractivity contribution in [3.8, 4) is 0 Å². The first-order valence-electron chi connectivity index (χ1n) is 4.29. The number of morpholine rings is 1. The number of rotatable bonds is 3. The number of aliphatic hydroxyl groups is 2. The number of amides is 2. The number of nitrogens with zero attached hydrogens (tertiary/aromatic N) is 1. The number of hydrogen-bond donors (Lipinski definition) is 2. The number of ether oxygens (including phenoxy) is 1. The molecule has 0 aromatic carbocycles. The lowest BCUT2D eigenvalue weighted by Crippen LogP contribution is -2.54. The molecule has 0 radical (unpaired) electrons. The number of imide groups is 1. The Morgan fingerprint density at radius 3 is 2.36 bits per heavy atom. The highest BCUT2D eigenvalue weighted by molar-refractivity contribution is 5.98. The van der Waals surface area contributed by atoms with Gasteiger partial charge in [0, 0.05) is 0 Å². The van der Waals surface area contributed by atoms with E-state index in [-0.39, 0.29) is 13.2 Å². The van der Waals surface area contributed by atoms with E-state index in [9.17, 15) is 14.7 Å². The van der Waals surface area contributed by atoms with Gasteiger partial charge < -0.3 is 14.9 Å². The summed E-state index contributed by atoms with van der Waals surface area (Å²) in [5, 5.41) is 18.0. The van der Waals surface area contributed by atoms with Crippen molar-refractivity contribution in [2.45, 2.75) is 19.1 Å². The molecule has 2 atom stereocenters. The van der Waals surface area contributed by atoms with E-state index in [1.807, 2.05) is 0 Å². The van der Waals surface area contributed by atoms with Crippen LogP contribution in [0.3, 0.4) is 0 Å². The highest BCUT2D eigenvalue weighted by Crippen LogP contribution is 2.09. The average molecular weight is 203 g/mol. The van der Waals surface area contributed by atoms with Gasteiger partial charge in [0.2, 0.25) is 0 Å². The molecule has 6 nitrogen and oxygen atoms in total. The van der Waals surface area contributed by atoms with E-state index >= 15 is 0 Å². The van der Waals surface area contributed by atoms with Crippen LogP contribution in [-0.2, 0) is 14.3 Å². The predicted molar refractivity (Wildman–Crippen MR) is 45.2 cm³/mol. The van der Waals surface area contributed by atoms with Gasteiger partial charge >= 0.3 is 0 Å². The molecule has 0 bridgehead atoms. The number of hydrogen-bond acceptors (Lipinski definition) is 5. The summed E-state index contributed by atoms with van der Waals surface area (Å²) < 4.78 is 4.70. The lowest BCUT2D eigenvalue weighted by atomic mass is 10.1. The Kier molecular flexibility index (Phi) is 3.56. The fraction of sp³-hybridized carbons (Fsp3) is 0.750. The average Bonchev–Trinajstić information content (AvgIpc) is 2.16. The molecule has 1 rings (SSSR count). The van der Waals surface area contributed by atoms with E-state index in [1.54, 1.807) is 0 Å². The third kappa shape index (κ3) is 2.09. The minimum absolute atomic E-state index is 0.159. The minimum atomic E-state index is -1.11. The quantitative estimate of drug-likeness (QED) is 0.524. The van der Waals surface area contributed by atoms with Crippen molar-refractivity contribution in [3.63, 3.8) is 0 Å². The molecule has 0 aromatic heterocycles. The summed E-state index contributed by atoms with van der Waals surface area (Å²) in [4.78, 5) is 23.4. The van der Waals surface area contributed by atoms with Crippen LogP contribution in [0.15, 0.2) is 0 Å². The predicted octanol–water partition coefficient (Wildman–Crippen LogP) is -1.89. The lowest BCUT2D eigenvalue weighted by molar-refractivity contribution is -0.164. The zero-order valence-electron chi connectivity index (χ0n) is 7.84. The van der Waals surface area contributed by atoms with Crippen LogP contribution in [0.2, 0.25) is 0 Å². The Labute approximate surface area is 81.1 Å². The summed E-state index contributed by atoms with van der Waals surface area (Å²) in [6, 6.07) is -0.719. The van der Waals surface area contributed by atoms with Crippen LogP contribution in [0.4, 0.5) is 0 Å². The summed E-state index contributed by atoms with van der Waals surface area (Å²) in [6.45, 7) is 0.698. The molecule has 0 aliphatic carbocycles. The van der Waals surface area contributed by atoms with Gasteiger partial charge in [-0.15, -0.1) is 0 Å². The maximum atomic E-state index is 11.3. The first-order valence-corrected chi connectivity index (χ1v) is 4.29. The Bertz CT molecular complexity index is 226. The van der Waals surface area contributed by atoms with Gasteiger partial charge in [0.25, 0.3) is 11.8 Å². The van der Waals surface area contributed by atoms with Gasteiger partial charge in [-0.3, -0.25) is 14.5 Å². The van der Waals surface area contributed by atoms with Gasteiger partial charge in [0.05, 0.1) is 18.8 Å². The second kappa shape index (κ2) is 4.50. The highest BCUT2D eigenvalue weighted by Gasteiger charge is 2.33. The molecule has 0 aromatic rings. The molecular weight excluding hydrogens is 190 g/mol. The maximum absolute atomic E-state index is 11.3. The van der Waals surface area contributed by atoms with Gasteiger partial charge in [-0.05, 0) is 6.92 Å². The molecule has 14 heavy (non-hydrogen) atoms. The van der Waals surface area contributed by atoms with Crippen LogP contribution < -0.4 is 0 Å². The summed E-state index contributed by atoms with van der Waals surface area (Å²) in [6.07, 6.45) is -1.11. The van der Waals surface area contributed by atoms with Crippen molar-refractivity contribution >= 4 is 11.8 Å². The van der Waals surface area contributed by atoms with E-state index < -0.39 is 30.6 Å². The summed E-state index contributed by atoms with van der Waals surface area (Å²) >= 11 is 0. The van der Waals surface area contributed by atoms with E-state index in [0.717, 1.165) is 4.90 Å². The third-order valence-electron chi connectivity index (χ3n) is 2.14. The zero-order valence-corrected chi connectivity index (χ0v) is 7.84. The topological polar surface area (TPSA) is 87.1 Å². The SMILES string of the molecule is CC(C(O)CO)N1C(=O)COCC1=O. The van der Waals surface area contributed by atoms with E-state index in [1.165, 1.54) is 6.92 Å². The first kappa shape index (κ1) is 11.1. The van der Waals surface area contributed by atoms with Gasteiger partial charge in [-0.25, -0.2) is 0 Å². The zero-order chi connectivity index (χ0) is 10.7. The molecule has 0 spiro atoms. The first-order chi connectivity index (χ1) is 6.57. The van der Waals surface area contributed by atoms with Gasteiger partial charge in [0.1, 0.15) is 13.2 Å². The van der Waals surface area contributed by atoms with Crippen molar-refractivity contribution in [1.29, 1.82) is 0 Å². The Hall–Kier alpha value is -0.980. The smallest absolute Gasteiger partial charge is 0.255 e. The number of aliphatic hydroxyl groups excluding tert-OH is 2. The third-order valence-corrected chi connectivity index (χ3v) is 2.14. The van der Waals surface area contributed by atoms with Crippen molar-refractivity contribution in [2.75, 3.05) is 19.8 Å². The van der Waals surface area contributed by atoms with Crippen LogP contribution in [-0.4, -0.2) is 58.9 Å². The van der Waals surface area contributed by atoms with E-state index in [2.05, 4.69) is 0 Å². The summed E-state index contributed by atoms with van der Waals surface area (Å²) in [5.41, 5.74) is 0. The Morgan fingerprint density at radius 1 is 1.43 bits per heavy atom. The van der Waals surface area contributed by atoms with Crippen LogP contribution in [0.25, 0.3) is 0 Å². The van der Waals surface area contributed by atoms with Crippen molar-refractivity contribution < 1.29 is 24.5 Å². The summed E-state index contributed by atoms with van der Waals surface area (Å²) in [7, 11) is 0. The molecule has 1 aliphatic rings. The van der Waals surface area contributed by atoms with Crippen molar-refractivity contribution in [3.05, 3.63) is 0 Å².